The maximum absolute atomic E-state index is 13.3. The summed E-state index contributed by atoms with van der Waals surface area (Å²) >= 11 is 6.48. The van der Waals surface area contributed by atoms with Gasteiger partial charge in [-0.15, -0.1) is 0 Å². The lowest BCUT2D eigenvalue weighted by Crippen LogP contribution is -2.24. The van der Waals surface area contributed by atoms with Crippen molar-refractivity contribution in [3.63, 3.8) is 0 Å². The number of hydrogen-bond acceptors (Lipinski definition) is 6. The number of ether oxygens (including phenoxy) is 1. The average molecular weight is 486 g/mol. The number of pyridine rings is 1. The zero-order valence-electron chi connectivity index (χ0n) is 17.5. The number of sulfone groups is 1. The number of anilines is 1. The second kappa shape index (κ2) is 8.72. The Morgan fingerprint density at radius 2 is 2.03 bits per heavy atom. The Balaban J connectivity index is 1.73. The van der Waals surface area contributed by atoms with Crippen LogP contribution in [0.3, 0.4) is 0 Å². The number of amides is 1. The maximum atomic E-state index is 13.3. The van der Waals surface area contributed by atoms with Gasteiger partial charge in [-0.3, -0.25) is 9.78 Å². The Hall–Kier alpha value is -3.63. The topological polar surface area (TPSA) is 150 Å². The Morgan fingerprint density at radius 3 is 2.73 bits per heavy atom. The number of aliphatic imine (C=N–C) groups is 1. The predicted molar refractivity (Wildman–Crippen MR) is 125 cm³/mol. The van der Waals surface area contributed by atoms with Crippen molar-refractivity contribution in [2.45, 2.75) is 24.1 Å². The zero-order chi connectivity index (χ0) is 23.8. The lowest BCUT2D eigenvalue weighted by atomic mass is 10.1. The fraction of sp³-hybridized carbons (Fsp3) is 0.136. The van der Waals surface area contributed by atoms with Crippen LogP contribution in [0.1, 0.15) is 27.0 Å². The first kappa shape index (κ1) is 22.6. The van der Waals surface area contributed by atoms with Crippen LogP contribution in [0.4, 0.5) is 5.69 Å². The number of nitrogens with one attached hydrogen (secondary N) is 1. The van der Waals surface area contributed by atoms with Gasteiger partial charge in [0.2, 0.25) is 0 Å². The van der Waals surface area contributed by atoms with Crippen LogP contribution in [0.25, 0.3) is 0 Å². The molecule has 2 heterocycles. The minimum atomic E-state index is -3.88. The molecule has 1 aliphatic rings. The fourth-order valence-corrected chi connectivity index (χ4v) is 5.32. The molecule has 33 heavy (non-hydrogen) atoms. The van der Waals surface area contributed by atoms with Crippen LogP contribution in [0.15, 0.2) is 58.7 Å². The van der Waals surface area contributed by atoms with Crippen LogP contribution in [0, 0.1) is 6.92 Å². The molecule has 9 nitrogen and oxygen atoms in total. The number of aryl methyl sites for hydroxylation is 1. The molecule has 0 atom stereocenters. The third-order valence-electron chi connectivity index (χ3n) is 4.94. The molecule has 2 aromatic carbocycles. The van der Waals surface area contributed by atoms with Crippen molar-refractivity contribution in [3.8, 4) is 11.5 Å². The smallest absolute Gasteiger partial charge is 0.280 e. The molecule has 0 spiro atoms. The Labute approximate surface area is 195 Å². The maximum Gasteiger partial charge on any atom is 0.280 e. The van der Waals surface area contributed by atoms with E-state index in [1.165, 1.54) is 12.1 Å². The summed E-state index contributed by atoms with van der Waals surface area (Å²) in [5.74, 6) is -1.18. The number of hydrogen-bond donors (Lipinski definition) is 3. The van der Waals surface area contributed by atoms with Gasteiger partial charge in [-0.05, 0) is 48.4 Å². The van der Waals surface area contributed by atoms with Crippen molar-refractivity contribution in [2.75, 3.05) is 5.32 Å². The second-order valence-corrected chi connectivity index (χ2v) is 9.85. The SMILES string of the molecule is Cc1cc(C(=O)N=C(N)N)cc2c1Oc1c(Cl)cc(NCc3cccnc3)cc1CS2(=O)=O. The van der Waals surface area contributed by atoms with Gasteiger partial charge in [0.1, 0.15) is 16.4 Å². The van der Waals surface area contributed by atoms with Gasteiger partial charge in [0.25, 0.3) is 5.91 Å². The van der Waals surface area contributed by atoms with E-state index >= 15 is 0 Å². The van der Waals surface area contributed by atoms with E-state index in [0.29, 0.717) is 23.4 Å². The number of aromatic nitrogens is 1. The number of carbonyl (C=O) groups is 1. The molecule has 0 bridgehead atoms. The van der Waals surface area contributed by atoms with Crippen molar-refractivity contribution in [1.82, 2.24) is 4.98 Å². The number of benzene rings is 2. The highest BCUT2D eigenvalue weighted by Gasteiger charge is 2.31. The summed E-state index contributed by atoms with van der Waals surface area (Å²) in [5, 5.41) is 3.47. The predicted octanol–water partition coefficient (Wildman–Crippen LogP) is 3.15. The van der Waals surface area contributed by atoms with E-state index in [1.54, 1.807) is 31.5 Å². The molecule has 11 heteroatoms. The number of guanidine groups is 1. The summed E-state index contributed by atoms with van der Waals surface area (Å²) in [4.78, 5) is 19.7. The summed E-state index contributed by atoms with van der Waals surface area (Å²) in [6, 6.07) is 9.77. The molecule has 170 valence electrons. The van der Waals surface area contributed by atoms with Crippen LogP contribution in [0.5, 0.6) is 11.5 Å². The summed E-state index contributed by atoms with van der Waals surface area (Å²) in [6.45, 7) is 2.11. The molecule has 1 aromatic heterocycles. The molecule has 0 saturated heterocycles. The molecule has 0 saturated carbocycles. The minimum absolute atomic E-state index is 0.0303. The van der Waals surface area contributed by atoms with E-state index < -0.39 is 21.7 Å². The number of carbonyl (C=O) groups excluding carboxylic acids is 1. The fourth-order valence-electron chi connectivity index (χ4n) is 3.47. The van der Waals surface area contributed by atoms with Crippen LogP contribution in [-0.2, 0) is 22.1 Å². The number of fused-ring (bicyclic) bond motifs is 2. The van der Waals surface area contributed by atoms with E-state index in [-0.39, 0.29) is 32.7 Å². The molecule has 1 amide bonds. The van der Waals surface area contributed by atoms with Gasteiger partial charge in [0, 0.05) is 35.8 Å². The first-order valence-corrected chi connectivity index (χ1v) is 11.8. The van der Waals surface area contributed by atoms with E-state index in [1.807, 2.05) is 12.1 Å². The first-order chi connectivity index (χ1) is 15.6. The van der Waals surface area contributed by atoms with Gasteiger partial charge in [-0.25, -0.2) is 8.42 Å². The van der Waals surface area contributed by atoms with E-state index in [9.17, 15) is 13.2 Å². The quantitative estimate of drug-likeness (QED) is 0.376. The van der Waals surface area contributed by atoms with Gasteiger partial charge in [-0.1, -0.05) is 17.7 Å². The monoisotopic (exact) mass is 485 g/mol. The lowest BCUT2D eigenvalue weighted by molar-refractivity contribution is 0.100. The van der Waals surface area contributed by atoms with E-state index in [0.717, 1.165) is 5.56 Å². The van der Waals surface area contributed by atoms with Gasteiger partial charge >= 0.3 is 0 Å². The lowest BCUT2D eigenvalue weighted by Gasteiger charge is -2.14. The second-order valence-electron chi connectivity index (χ2n) is 7.48. The Kier molecular flexibility index (Phi) is 5.96. The van der Waals surface area contributed by atoms with Crippen LogP contribution < -0.4 is 21.5 Å². The third kappa shape index (κ3) is 4.76. The normalized spacial score (nSPS) is 13.6. The molecule has 0 fully saturated rings. The molecule has 4 rings (SSSR count). The largest absolute Gasteiger partial charge is 0.454 e. The van der Waals surface area contributed by atoms with Gasteiger partial charge in [0.05, 0.1) is 10.8 Å². The van der Waals surface area contributed by atoms with Gasteiger partial charge < -0.3 is 21.5 Å². The van der Waals surface area contributed by atoms with E-state index in [4.69, 9.17) is 27.8 Å². The highest BCUT2D eigenvalue weighted by atomic mass is 35.5. The molecule has 0 aliphatic carbocycles. The van der Waals surface area contributed by atoms with Crippen LogP contribution >= 0.6 is 11.6 Å². The molecular weight excluding hydrogens is 466 g/mol. The highest BCUT2D eigenvalue weighted by molar-refractivity contribution is 7.90. The molecule has 3 aromatic rings. The number of nitrogens with zero attached hydrogens (tertiary/aromatic N) is 2. The zero-order valence-corrected chi connectivity index (χ0v) is 19.1. The van der Waals surface area contributed by atoms with Gasteiger partial charge in [0.15, 0.2) is 15.8 Å². The number of nitrogens with two attached hydrogens (primary N) is 2. The summed E-state index contributed by atoms with van der Waals surface area (Å²) in [6.07, 6.45) is 3.41. The van der Waals surface area contributed by atoms with Crippen molar-refractivity contribution in [3.05, 3.63) is 76.1 Å². The summed E-state index contributed by atoms with van der Waals surface area (Å²) in [7, 11) is -3.88. The van der Waals surface area contributed by atoms with Crippen molar-refractivity contribution in [2.24, 2.45) is 16.5 Å². The Bertz CT molecular complexity index is 1390. The minimum Gasteiger partial charge on any atom is -0.454 e. The summed E-state index contributed by atoms with van der Waals surface area (Å²) < 4.78 is 32.5. The number of halogens is 1. The molecular formula is C22H20ClN5O4S. The standard InChI is InChI=1S/C22H20ClN5O4S/c1-12-5-14(21(29)28-22(24)25)7-18-19(12)32-20-15(11-33(18,30)31)6-16(8-17(20)23)27-10-13-3-2-4-26-9-13/h2-9,27H,10-11H2,1H3,(H4,24,25,28,29). The van der Waals surface area contributed by atoms with Gasteiger partial charge in [-0.2, -0.15) is 4.99 Å². The molecule has 5 N–H and O–H groups in total. The van der Waals surface area contributed by atoms with E-state index in [2.05, 4.69) is 15.3 Å². The first-order valence-electron chi connectivity index (χ1n) is 9.78. The molecule has 1 aliphatic heterocycles. The molecule has 0 radical (unpaired) electrons. The third-order valence-corrected chi connectivity index (χ3v) is 6.89. The summed E-state index contributed by atoms with van der Waals surface area (Å²) in [5.41, 5.74) is 13.0. The highest BCUT2D eigenvalue weighted by Crippen LogP contribution is 2.44. The van der Waals surface area contributed by atoms with Crippen molar-refractivity contribution in [1.29, 1.82) is 0 Å². The van der Waals surface area contributed by atoms with Crippen LogP contribution in [-0.4, -0.2) is 25.3 Å². The molecule has 0 unspecified atom stereocenters. The average Bonchev–Trinajstić information content (AvgIpc) is 2.86. The van der Waals surface area contributed by atoms with Crippen molar-refractivity contribution < 1.29 is 17.9 Å². The number of rotatable bonds is 4. The Morgan fingerprint density at radius 1 is 1.24 bits per heavy atom. The van der Waals surface area contributed by atoms with Crippen LogP contribution in [0.2, 0.25) is 5.02 Å². The van der Waals surface area contributed by atoms with Crippen molar-refractivity contribution >= 4 is 39.0 Å².